The number of aliphatic hydroxyl groups excluding tert-OH is 1. The largest absolute Gasteiger partial charge is 0.481 e. The molecule has 1 aliphatic heterocycles. The van der Waals surface area contributed by atoms with Gasteiger partial charge in [-0.05, 0) is 44.2 Å². The van der Waals surface area contributed by atoms with Crippen LogP contribution in [0.2, 0.25) is 0 Å². The van der Waals surface area contributed by atoms with Crippen molar-refractivity contribution >= 4 is 5.91 Å². The highest BCUT2D eigenvalue weighted by atomic mass is 16.5. The lowest BCUT2D eigenvalue weighted by Gasteiger charge is -2.29. The van der Waals surface area contributed by atoms with Crippen LogP contribution in [0, 0.1) is 0 Å². The van der Waals surface area contributed by atoms with Crippen LogP contribution in [0.5, 0.6) is 5.75 Å². The summed E-state index contributed by atoms with van der Waals surface area (Å²) in [6, 6.07) is 7.57. The van der Waals surface area contributed by atoms with E-state index in [2.05, 4.69) is 0 Å². The van der Waals surface area contributed by atoms with Crippen LogP contribution in [0.15, 0.2) is 24.3 Å². The van der Waals surface area contributed by atoms with Crippen molar-refractivity contribution in [2.45, 2.75) is 38.7 Å². The number of hydrogen-bond acceptors (Lipinski definition) is 3. The van der Waals surface area contributed by atoms with Gasteiger partial charge in [-0.15, -0.1) is 0 Å². The smallest absolute Gasteiger partial charge is 0.263 e. The van der Waals surface area contributed by atoms with E-state index in [0.717, 1.165) is 31.5 Å². The van der Waals surface area contributed by atoms with Crippen LogP contribution in [0.25, 0.3) is 0 Å². The molecule has 0 aliphatic carbocycles. The van der Waals surface area contributed by atoms with Gasteiger partial charge in [0, 0.05) is 19.7 Å². The zero-order chi connectivity index (χ0) is 14.4. The standard InChI is InChI=1S/C16H23NO3/c1-13(16(19)17-10-5-2-6-11-17)20-15-8-4-3-7-14(15)9-12-18/h3-4,7-8,13,18H,2,5-6,9-12H2,1H3. The van der Waals surface area contributed by atoms with Gasteiger partial charge in [-0.2, -0.15) is 0 Å². The summed E-state index contributed by atoms with van der Waals surface area (Å²) in [5, 5.41) is 9.06. The highest BCUT2D eigenvalue weighted by Gasteiger charge is 2.23. The van der Waals surface area contributed by atoms with Crippen LogP contribution >= 0.6 is 0 Å². The van der Waals surface area contributed by atoms with Crippen molar-refractivity contribution in [1.29, 1.82) is 0 Å². The lowest BCUT2D eigenvalue weighted by molar-refractivity contribution is -0.138. The number of likely N-dealkylation sites (tertiary alicyclic amines) is 1. The van der Waals surface area contributed by atoms with Gasteiger partial charge < -0.3 is 14.7 Å². The molecule has 1 N–H and O–H groups in total. The molecule has 1 heterocycles. The molecule has 0 bridgehead atoms. The molecule has 4 nitrogen and oxygen atoms in total. The summed E-state index contributed by atoms with van der Waals surface area (Å²) < 4.78 is 5.81. The number of carbonyl (C=O) groups excluding carboxylic acids is 1. The van der Waals surface area contributed by atoms with Gasteiger partial charge in [-0.1, -0.05) is 18.2 Å². The molecule has 20 heavy (non-hydrogen) atoms. The Morgan fingerprint density at radius 2 is 2.00 bits per heavy atom. The summed E-state index contributed by atoms with van der Waals surface area (Å²) in [5.41, 5.74) is 0.938. The summed E-state index contributed by atoms with van der Waals surface area (Å²) in [4.78, 5) is 14.2. The molecule has 4 heteroatoms. The number of ether oxygens (including phenoxy) is 1. The minimum atomic E-state index is -0.479. The first-order valence-electron chi connectivity index (χ1n) is 7.36. The van der Waals surface area contributed by atoms with Gasteiger partial charge in [0.1, 0.15) is 5.75 Å². The second kappa shape index (κ2) is 7.29. The molecular weight excluding hydrogens is 254 g/mol. The maximum absolute atomic E-state index is 12.3. The fourth-order valence-corrected chi connectivity index (χ4v) is 2.56. The van der Waals surface area contributed by atoms with Crippen molar-refractivity contribution in [1.82, 2.24) is 4.90 Å². The Morgan fingerprint density at radius 3 is 2.70 bits per heavy atom. The Kier molecular flexibility index (Phi) is 5.41. The molecule has 1 atom stereocenters. The molecule has 2 rings (SSSR count). The van der Waals surface area contributed by atoms with Crippen molar-refractivity contribution in [3.05, 3.63) is 29.8 Å². The van der Waals surface area contributed by atoms with E-state index in [9.17, 15) is 4.79 Å². The van der Waals surface area contributed by atoms with Crippen LogP contribution < -0.4 is 4.74 Å². The maximum Gasteiger partial charge on any atom is 0.263 e. The van der Waals surface area contributed by atoms with Gasteiger partial charge in [0.25, 0.3) is 5.91 Å². The molecule has 1 amide bonds. The first-order valence-corrected chi connectivity index (χ1v) is 7.36. The van der Waals surface area contributed by atoms with Crippen molar-refractivity contribution in [3.63, 3.8) is 0 Å². The van der Waals surface area contributed by atoms with E-state index in [1.54, 1.807) is 6.92 Å². The number of nitrogens with zero attached hydrogens (tertiary/aromatic N) is 1. The lowest BCUT2D eigenvalue weighted by atomic mass is 10.1. The van der Waals surface area contributed by atoms with Gasteiger partial charge in [0.05, 0.1) is 0 Å². The summed E-state index contributed by atoms with van der Waals surface area (Å²) >= 11 is 0. The number of amides is 1. The molecule has 1 saturated heterocycles. The summed E-state index contributed by atoms with van der Waals surface area (Å²) in [6.45, 7) is 3.55. The number of para-hydroxylation sites is 1. The summed E-state index contributed by atoms with van der Waals surface area (Å²) in [6.07, 6.45) is 3.44. The van der Waals surface area contributed by atoms with E-state index in [0.29, 0.717) is 12.2 Å². The Morgan fingerprint density at radius 1 is 1.30 bits per heavy atom. The van der Waals surface area contributed by atoms with Crippen LogP contribution in [0.1, 0.15) is 31.7 Å². The van der Waals surface area contributed by atoms with Gasteiger partial charge in [0.15, 0.2) is 6.10 Å². The predicted molar refractivity (Wildman–Crippen MR) is 77.8 cm³/mol. The normalized spacial score (nSPS) is 16.8. The van der Waals surface area contributed by atoms with E-state index >= 15 is 0 Å². The lowest BCUT2D eigenvalue weighted by Crippen LogP contribution is -2.43. The second-order valence-corrected chi connectivity index (χ2v) is 5.23. The number of benzene rings is 1. The molecule has 0 spiro atoms. The van der Waals surface area contributed by atoms with E-state index in [1.807, 2.05) is 29.2 Å². The van der Waals surface area contributed by atoms with Crippen molar-refractivity contribution in [2.75, 3.05) is 19.7 Å². The highest BCUT2D eigenvalue weighted by Crippen LogP contribution is 2.21. The van der Waals surface area contributed by atoms with E-state index in [4.69, 9.17) is 9.84 Å². The number of piperidine rings is 1. The third-order valence-electron chi connectivity index (χ3n) is 3.67. The fraction of sp³-hybridized carbons (Fsp3) is 0.562. The second-order valence-electron chi connectivity index (χ2n) is 5.23. The van der Waals surface area contributed by atoms with Gasteiger partial charge in [0.2, 0.25) is 0 Å². The maximum atomic E-state index is 12.3. The van der Waals surface area contributed by atoms with E-state index < -0.39 is 6.10 Å². The molecule has 0 saturated carbocycles. The summed E-state index contributed by atoms with van der Waals surface area (Å²) in [5.74, 6) is 0.753. The molecule has 1 unspecified atom stereocenters. The molecular formula is C16H23NO3. The zero-order valence-corrected chi connectivity index (χ0v) is 12.0. The van der Waals surface area contributed by atoms with E-state index in [-0.39, 0.29) is 12.5 Å². The number of rotatable bonds is 5. The molecule has 1 aromatic rings. The first kappa shape index (κ1) is 14.9. The molecule has 1 aliphatic rings. The van der Waals surface area contributed by atoms with Gasteiger partial charge in [-0.3, -0.25) is 4.79 Å². The number of hydrogen-bond donors (Lipinski definition) is 1. The van der Waals surface area contributed by atoms with Gasteiger partial charge >= 0.3 is 0 Å². The molecule has 110 valence electrons. The SMILES string of the molecule is CC(Oc1ccccc1CCO)C(=O)N1CCCCC1. The van der Waals surface area contributed by atoms with Crippen molar-refractivity contribution in [3.8, 4) is 5.75 Å². The average Bonchev–Trinajstić information content (AvgIpc) is 2.49. The van der Waals surface area contributed by atoms with Crippen LogP contribution in [-0.2, 0) is 11.2 Å². The predicted octanol–water partition coefficient (Wildman–Crippen LogP) is 2.00. The van der Waals surface area contributed by atoms with E-state index in [1.165, 1.54) is 6.42 Å². The Hall–Kier alpha value is -1.55. The number of carbonyl (C=O) groups is 1. The molecule has 1 aromatic carbocycles. The Balaban J connectivity index is 1.99. The fourth-order valence-electron chi connectivity index (χ4n) is 2.56. The average molecular weight is 277 g/mol. The zero-order valence-electron chi connectivity index (χ0n) is 12.0. The molecule has 1 fully saturated rings. The monoisotopic (exact) mass is 277 g/mol. The minimum absolute atomic E-state index is 0.0588. The third kappa shape index (κ3) is 3.73. The summed E-state index contributed by atoms with van der Waals surface area (Å²) in [7, 11) is 0. The minimum Gasteiger partial charge on any atom is -0.481 e. The van der Waals surface area contributed by atoms with Crippen LogP contribution in [-0.4, -0.2) is 41.7 Å². The highest BCUT2D eigenvalue weighted by molar-refractivity contribution is 5.81. The number of aliphatic hydroxyl groups is 1. The van der Waals surface area contributed by atoms with Crippen molar-refractivity contribution in [2.24, 2.45) is 0 Å². The van der Waals surface area contributed by atoms with Crippen LogP contribution in [0.4, 0.5) is 0 Å². The Labute approximate surface area is 120 Å². The first-order chi connectivity index (χ1) is 9.72. The van der Waals surface area contributed by atoms with Gasteiger partial charge in [-0.25, -0.2) is 0 Å². The van der Waals surface area contributed by atoms with Crippen LogP contribution in [0.3, 0.4) is 0 Å². The quantitative estimate of drug-likeness (QED) is 0.895. The molecule has 0 radical (unpaired) electrons. The topological polar surface area (TPSA) is 49.8 Å². The van der Waals surface area contributed by atoms with Crippen molar-refractivity contribution < 1.29 is 14.6 Å². The Bertz CT molecular complexity index is 441. The molecule has 0 aromatic heterocycles. The third-order valence-corrected chi connectivity index (χ3v) is 3.67.